The summed E-state index contributed by atoms with van der Waals surface area (Å²) in [4.78, 5) is 0. The molecule has 4 nitrogen and oxygen atoms in total. The van der Waals surface area contributed by atoms with E-state index in [1.54, 1.807) is 6.21 Å². The summed E-state index contributed by atoms with van der Waals surface area (Å²) < 4.78 is 3.11. The fourth-order valence-electron chi connectivity index (χ4n) is 1.69. The minimum absolute atomic E-state index is 0.519. The van der Waals surface area contributed by atoms with Gasteiger partial charge in [-0.2, -0.15) is 5.10 Å². The maximum absolute atomic E-state index is 5.04. The van der Waals surface area contributed by atoms with Crippen molar-refractivity contribution in [2.24, 2.45) is 5.10 Å². The van der Waals surface area contributed by atoms with Crippen LogP contribution in [0.4, 0.5) is 0 Å². The van der Waals surface area contributed by atoms with Crippen molar-refractivity contribution in [2.75, 3.05) is 6.54 Å². The number of hydrogen-bond donors (Lipinski definition) is 2. The Morgan fingerprint density at radius 2 is 2.10 bits per heavy atom. The van der Waals surface area contributed by atoms with Crippen LogP contribution in [0.25, 0.3) is 5.69 Å². The van der Waals surface area contributed by atoms with Crippen LogP contribution in [0, 0.1) is 0 Å². The summed E-state index contributed by atoms with van der Waals surface area (Å²) in [6, 6.07) is 12.1. The lowest BCUT2D eigenvalue weighted by Gasteiger charge is -2.07. The van der Waals surface area contributed by atoms with Gasteiger partial charge in [0.05, 0.1) is 11.9 Å². The fourth-order valence-corrected chi connectivity index (χ4v) is 2.15. The van der Waals surface area contributed by atoms with E-state index in [4.69, 9.17) is 12.2 Å². The zero-order chi connectivity index (χ0) is 14.4. The van der Waals surface area contributed by atoms with Crippen LogP contribution in [0.1, 0.15) is 12.6 Å². The zero-order valence-corrected chi connectivity index (χ0v) is 13.4. The Hall–Kier alpha value is -1.66. The van der Waals surface area contributed by atoms with Gasteiger partial charge in [-0.25, -0.2) is 0 Å². The number of thiocarbonyl (C=S) groups is 1. The third kappa shape index (κ3) is 3.91. The fraction of sp³-hybridized carbons (Fsp3) is 0.143. The number of aromatic nitrogens is 1. The SMILES string of the molecule is CCNC(=S)N/N=C\c1cccn1-c1ccc(Br)cc1. The molecule has 1 aromatic carbocycles. The van der Waals surface area contributed by atoms with Crippen LogP contribution in [-0.2, 0) is 0 Å². The lowest BCUT2D eigenvalue weighted by Crippen LogP contribution is -2.31. The van der Waals surface area contributed by atoms with Gasteiger partial charge in [-0.05, 0) is 55.5 Å². The minimum Gasteiger partial charge on any atom is -0.362 e. The first kappa shape index (κ1) is 14.7. The van der Waals surface area contributed by atoms with Gasteiger partial charge in [0.1, 0.15) is 0 Å². The molecule has 104 valence electrons. The third-order valence-corrected chi connectivity index (χ3v) is 3.35. The smallest absolute Gasteiger partial charge is 0.186 e. The van der Waals surface area contributed by atoms with E-state index in [0.29, 0.717) is 5.11 Å². The molecule has 1 heterocycles. The molecule has 0 bridgehead atoms. The van der Waals surface area contributed by atoms with Gasteiger partial charge in [0.2, 0.25) is 0 Å². The minimum atomic E-state index is 0.519. The van der Waals surface area contributed by atoms with E-state index in [-0.39, 0.29) is 0 Å². The molecule has 0 atom stereocenters. The Morgan fingerprint density at radius 3 is 2.80 bits per heavy atom. The number of nitrogens with zero attached hydrogens (tertiary/aromatic N) is 2. The van der Waals surface area contributed by atoms with Crippen molar-refractivity contribution < 1.29 is 0 Å². The van der Waals surface area contributed by atoms with Gasteiger partial charge in [-0.15, -0.1) is 0 Å². The quantitative estimate of drug-likeness (QED) is 0.505. The predicted octanol–water partition coefficient (Wildman–Crippen LogP) is 3.06. The molecule has 0 unspecified atom stereocenters. The molecular weight excluding hydrogens is 336 g/mol. The monoisotopic (exact) mass is 350 g/mol. The third-order valence-electron chi connectivity index (χ3n) is 2.59. The molecule has 0 spiro atoms. The highest BCUT2D eigenvalue weighted by atomic mass is 79.9. The largest absolute Gasteiger partial charge is 0.362 e. The molecule has 0 saturated heterocycles. The van der Waals surface area contributed by atoms with Crippen molar-refractivity contribution in [3.05, 3.63) is 52.8 Å². The van der Waals surface area contributed by atoms with E-state index in [9.17, 15) is 0 Å². The Morgan fingerprint density at radius 1 is 1.35 bits per heavy atom. The van der Waals surface area contributed by atoms with Crippen molar-refractivity contribution in [1.82, 2.24) is 15.3 Å². The molecule has 0 saturated carbocycles. The molecule has 0 radical (unpaired) electrons. The number of hydrazone groups is 1. The normalized spacial score (nSPS) is 10.7. The van der Waals surface area contributed by atoms with Gasteiger partial charge >= 0.3 is 0 Å². The van der Waals surface area contributed by atoms with Crippen molar-refractivity contribution in [3.63, 3.8) is 0 Å². The molecule has 2 N–H and O–H groups in total. The second kappa shape index (κ2) is 7.21. The predicted molar refractivity (Wildman–Crippen MR) is 90.5 cm³/mol. The molecule has 0 aliphatic carbocycles. The lowest BCUT2D eigenvalue weighted by molar-refractivity contribution is 0.902. The molecule has 0 aliphatic rings. The molecule has 20 heavy (non-hydrogen) atoms. The molecule has 0 aliphatic heterocycles. The van der Waals surface area contributed by atoms with E-state index >= 15 is 0 Å². The van der Waals surface area contributed by atoms with Gasteiger partial charge in [-0.1, -0.05) is 15.9 Å². The summed E-state index contributed by atoms with van der Waals surface area (Å²) in [5.41, 5.74) is 4.83. The Labute approximate surface area is 132 Å². The Kier molecular flexibility index (Phi) is 5.31. The number of rotatable bonds is 4. The summed E-state index contributed by atoms with van der Waals surface area (Å²) in [5, 5.41) is 7.62. The first-order chi connectivity index (χ1) is 9.70. The number of hydrogen-bond acceptors (Lipinski definition) is 2. The zero-order valence-electron chi connectivity index (χ0n) is 11.0. The number of benzene rings is 1. The molecule has 0 amide bonds. The summed E-state index contributed by atoms with van der Waals surface area (Å²) in [6.45, 7) is 2.76. The summed E-state index contributed by atoms with van der Waals surface area (Å²) in [6.07, 6.45) is 3.74. The van der Waals surface area contributed by atoms with Crippen LogP contribution >= 0.6 is 28.1 Å². The second-order valence-corrected chi connectivity index (χ2v) is 5.33. The van der Waals surface area contributed by atoms with Crippen LogP contribution in [-0.4, -0.2) is 22.4 Å². The van der Waals surface area contributed by atoms with Crippen LogP contribution < -0.4 is 10.7 Å². The molecular formula is C14H15BrN4S. The van der Waals surface area contributed by atoms with Crippen molar-refractivity contribution >= 4 is 39.5 Å². The topological polar surface area (TPSA) is 41.4 Å². The standard InChI is InChI=1S/C14H15BrN4S/c1-2-16-14(20)18-17-10-13-4-3-9-19(13)12-7-5-11(15)6-8-12/h3-10H,2H2,1H3,(H2,16,18,20)/b17-10-. The van der Waals surface area contributed by atoms with E-state index in [1.807, 2.05) is 54.1 Å². The first-order valence-corrected chi connectivity index (χ1v) is 7.41. The number of halogens is 1. The van der Waals surface area contributed by atoms with E-state index < -0.39 is 0 Å². The highest BCUT2D eigenvalue weighted by molar-refractivity contribution is 9.10. The molecule has 1 aromatic heterocycles. The molecule has 0 fully saturated rings. The van der Waals surface area contributed by atoms with Crippen LogP contribution in [0.5, 0.6) is 0 Å². The second-order valence-electron chi connectivity index (χ2n) is 4.01. The maximum atomic E-state index is 5.04. The van der Waals surface area contributed by atoms with Crippen LogP contribution in [0.2, 0.25) is 0 Å². The van der Waals surface area contributed by atoms with Gasteiger partial charge in [0, 0.05) is 22.9 Å². The van der Waals surface area contributed by atoms with Gasteiger partial charge in [0.15, 0.2) is 5.11 Å². The highest BCUT2D eigenvalue weighted by Gasteiger charge is 2.01. The summed E-state index contributed by atoms with van der Waals surface area (Å²) >= 11 is 8.47. The first-order valence-electron chi connectivity index (χ1n) is 6.21. The maximum Gasteiger partial charge on any atom is 0.186 e. The molecule has 2 aromatic rings. The average molecular weight is 351 g/mol. The van der Waals surface area contributed by atoms with Crippen LogP contribution in [0.15, 0.2) is 52.2 Å². The van der Waals surface area contributed by atoms with E-state index in [2.05, 4.69) is 31.8 Å². The molecule has 6 heteroatoms. The Balaban J connectivity index is 2.11. The van der Waals surface area contributed by atoms with Crippen molar-refractivity contribution in [3.8, 4) is 5.69 Å². The van der Waals surface area contributed by atoms with Crippen LogP contribution in [0.3, 0.4) is 0 Å². The summed E-state index contributed by atoms with van der Waals surface area (Å²) in [5.74, 6) is 0. The lowest BCUT2D eigenvalue weighted by atomic mass is 10.3. The molecule has 2 rings (SSSR count). The van der Waals surface area contributed by atoms with E-state index in [0.717, 1.165) is 22.4 Å². The average Bonchev–Trinajstić information content (AvgIpc) is 2.88. The number of nitrogens with one attached hydrogen (secondary N) is 2. The van der Waals surface area contributed by atoms with Crippen molar-refractivity contribution in [2.45, 2.75) is 6.92 Å². The van der Waals surface area contributed by atoms with Gasteiger partial charge in [-0.3, -0.25) is 5.43 Å². The summed E-state index contributed by atoms with van der Waals surface area (Å²) in [7, 11) is 0. The van der Waals surface area contributed by atoms with E-state index in [1.165, 1.54) is 0 Å². The highest BCUT2D eigenvalue weighted by Crippen LogP contribution is 2.15. The Bertz CT molecular complexity index is 604. The van der Waals surface area contributed by atoms with Crippen molar-refractivity contribution in [1.29, 1.82) is 0 Å². The van der Waals surface area contributed by atoms with Gasteiger partial charge < -0.3 is 9.88 Å². The van der Waals surface area contributed by atoms with Gasteiger partial charge in [0.25, 0.3) is 0 Å².